The predicted molar refractivity (Wildman–Crippen MR) is 242 cm³/mol. The van der Waals surface area contributed by atoms with E-state index in [1.807, 2.05) is 11.8 Å². The lowest BCUT2D eigenvalue weighted by Gasteiger charge is -2.21. The van der Waals surface area contributed by atoms with Crippen molar-refractivity contribution in [2.45, 2.75) is 9.79 Å². The van der Waals surface area contributed by atoms with E-state index in [2.05, 4.69) is 185 Å². The molecule has 0 spiro atoms. The molecule has 0 aliphatic carbocycles. The zero-order valence-corrected chi connectivity index (χ0v) is 32.4. The van der Waals surface area contributed by atoms with Gasteiger partial charge >= 0.3 is 0 Å². The van der Waals surface area contributed by atoms with Crippen LogP contribution in [0.2, 0.25) is 0 Å². The summed E-state index contributed by atoms with van der Waals surface area (Å²) in [7, 11) is 0. The Morgan fingerprint density at radius 2 is 1.14 bits per heavy atom. The highest BCUT2D eigenvalue weighted by atomic mass is 32.2. The first kappa shape index (κ1) is 32.1. The molecule has 0 saturated carbocycles. The molecule has 0 unspecified atom stereocenters. The predicted octanol–water partition coefficient (Wildman–Crippen LogP) is 13.9. The van der Waals surface area contributed by atoms with Crippen molar-refractivity contribution in [2.75, 3.05) is 0 Å². The Bertz CT molecular complexity index is 3670. The van der Waals surface area contributed by atoms with Crippen LogP contribution in [0.5, 0.6) is 0 Å². The van der Waals surface area contributed by atoms with Crippen LogP contribution < -0.4 is 0 Å². The molecule has 0 bridgehead atoms. The van der Waals surface area contributed by atoms with Crippen molar-refractivity contribution in [3.63, 3.8) is 0 Å². The molecule has 0 saturated heterocycles. The van der Waals surface area contributed by atoms with Crippen molar-refractivity contribution in [3.05, 3.63) is 176 Å². The van der Waals surface area contributed by atoms with Gasteiger partial charge in [-0.2, -0.15) is 0 Å². The lowest BCUT2D eigenvalue weighted by atomic mass is 10.1. The maximum absolute atomic E-state index is 5.34. The summed E-state index contributed by atoms with van der Waals surface area (Å²) in [5.41, 5.74) is 8.74. The third-order valence-electron chi connectivity index (χ3n) is 11.5. The molecular formula is C51H29N5S2. The lowest BCUT2D eigenvalue weighted by molar-refractivity contribution is 1.03. The molecule has 0 amide bonds. The van der Waals surface area contributed by atoms with E-state index in [1.54, 1.807) is 11.3 Å². The van der Waals surface area contributed by atoms with Gasteiger partial charge in [-0.05, 0) is 77.5 Å². The fraction of sp³-hybridized carbons (Fsp3) is 0. The molecule has 0 radical (unpaired) electrons. The summed E-state index contributed by atoms with van der Waals surface area (Å²) < 4.78 is 7.32. The van der Waals surface area contributed by atoms with Gasteiger partial charge in [0.2, 0.25) is 0 Å². The Hall–Kier alpha value is -7.06. The molecule has 270 valence electrons. The molecule has 1 aliphatic heterocycles. The highest BCUT2D eigenvalue weighted by Crippen LogP contribution is 2.50. The van der Waals surface area contributed by atoms with Crippen LogP contribution in [0.1, 0.15) is 0 Å². The Labute approximate surface area is 340 Å². The molecule has 58 heavy (non-hydrogen) atoms. The third-order valence-corrected chi connectivity index (χ3v) is 13.9. The number of thiophene rings is 1. The maximum Gasteiger partial charge on any atom is 0.165 e. The number of benzene rings is 8. The van der Waals surface area contributed by atoms with Crippen LogP contribution >= 0.6 is 23.1 Å². The minimum absolute atomic E-state index is 0.642. The molecule has 1 aliphatic rings. The standard InChI is InChI=1S/C51H29N5S2/c1-2-14-34(15-3-1)55-40-27-26-33(29-39(40)45-37-18-11-23-44-46(37)56(51(45)55)41-20-7-9-22-43(41)57-44)49-52-48(32-25-24-30-12-4-5-13-31(30)28-32)53-50(54-49)38-19-10-17-36-35-16-6-8-21-42(35)58-47(36)38/h1-29H. The molecule has 0 fully saturated rings. The molecule has 0 atom stereocenters. The summed E-state index contributed by atoms with van der Waals surface area (Å²) in [6.07, 6.45) is 0. The van der Waals surface area contributed by atoms with Crippen molar-refractivity contribution < 1.29 is 0 Å². The first-order valence-electron chi connectivity index (χ1n) is 19.4. The number of rotatable bonds is 4. The second-order valence-corrected chi connectivity index (χ2v) is 16.9. The van der Waals surface area contributed by atoms with E-state index in [0.717, 1.165) is 44.3 Å². The van der Waals surface area contributed by atoms with Gasteiger partial charge < -0.3 is 0 Å². The van der Waals surface area contributed by atoms with Gasteiger partial charge in [0.15, 0.2) is 17.5 Å². The van der Waals surface area contributed by atoms with Crippen molar-refractivity contribution in [1.29, 1.82) is 0 Å². The Balaban J connectivity index is 1.10. The van der Waals surface area contributed by atoms with Crippen molar-refractivity contribution >= 4 is 86.9 Å². The third kappa shape index (κ3) is 4.63. The Kier molecular flexibility index (Phi) is 6.76. The fourth-order valence-electron chi connectivity index (χ4n) is 8.96. The number of hydrogen-bond acceptors (Lipinski definition) is 5. The van der Waals surface area contributed by atoms with Gasteiger partial charge in [0.05, 0.1) is 16.7 Å². The van der Waals surface area contributed by atoms with Gasteiger partial charge in [0.25, 0.3) is 0 Å². The molecule has 5 heterocycles. The van der Waals surface area contributed by atoms with Crippen LogP contribution in [0.25, 0.3) is 109 Å². The van der Waals surface area contributed by atoms with E-state index < -0.39 is 0 Å². The zero-order chi connectivity index (χ0) is 37.9. The van der Waals surface area contributed by atoms with Gasteiger partial charge in [-0.15, -0.1) is 11.3 Å². The van der Waals surface area contributed by atoms with Crippen molar-refractivity contribution in [3.8, 4) is 45.5 Å². The Morgan fingerprint density at radius 1 is 0.448 bits per heavy atom. The summed E-state index contributed by atoms with van der Waals surface area (Å²) in [4.78, 5) is 18.4. The summed E-state index contributed by atoms with van der Waals surface area (Å²) >= 11 is 3.64. The van der Waals surface area contributed by atoms with E-state index >= 15 is 0 Å². The highest BCUT2D eigenvalue weighted by Gasteiger charge is 2.28. The number of nitrogens with zero attached hydrogens (tertiary/aromatic N) is 5. The van der Waals surface area contributed by atoms with Crippen LogP contribution in [0.4, 0.5) is 0 Å². The van der Waals surface area contributed by atoms with Crippen LogP contribution in [0.15, 0.2) is 186 Å². The molecule has 12 aromatic rings. The van der Waals surface area contributed by atoms with Gasteiger partial charge in [0, 0.05) is 68.5 Å². The van der Waals surface area contributed by atoms with E-state index in [9.17, 15) is 0 Å². The van der Waals surface area contributed by atoms with Crippen LogP contribution in [0.3, 0.4) is 0 Å². The molecule has 7 heteroatoms. The van der Waals surface area contributed by atoms with E-state index in [1.165, 1.54) is 57.3 Å². The molecule has 4 aromatic heterocycles. The molecule has 8 aromatic carbocycles. The second-order valence-electron chi connectivity index (χ2n) is 14.8. The topological polar surface area (TPSA) is 48.5 Å². The molecule has 13 rings (SSSR count). The van der Waals surface area contributed by atoms with Gasteiger partial charge in [-0.1, -0.05) is 121 Å². The average Bonchev–Trinajstić information content (AvgIpc) is 3.95. The number of hydrogen-bond donors (Lipinski definition) is 0. The SMILES string of the molecule is c1ccc(-n2c3ccc(-c4nc(-c5ccc6ccccc6c5)nc(-c5cccc6c5sc5ccccc56)n4)cc3c3c4cccc5c4n(c32)-c2ccccc2S5)cc1. The smallest absolute Gasteiger partial charge is 0.165 e. The van der Waals surface area contributed by atoms with E-state index in [4.69, 9.17) is 15.0 Å². The number of para-hydroxylation sites is 3. The van der Waals surface area contributed by atoms with E-state index in [-0.39, 0.29) is 0 Å². The normalized spacial score (nSPS) is 12.4. The highest BCUT2D eigenvalue weighted by molar-refractivity contribution is 7.99. The van der Waals surface area contributed by atoms with Crippen LogP contribution in [-0.2, 0) is 0 Å². The van der Waals surface area contributed by atoms with Crippen LogP contribution in [-0.4, -0.2) is 24.1 Å². The average molecular weight is 776 g/mol. The van der Waals surface area contributed by atoms with E-state index in [0.29, 0.717) is 17.5 Å². The zero-order valence-electron chi connectivity index (χ0n) is 30.8. The first-order chi connectivity index (χ1) is 28.7. The quantitative estimate of drug-likeness (QED) is 0.179. The minimum Gasteiger partial charge on any atom is -0.295 e. The Morgan fingerprint density at radius 3 is 2.05 bits per heavy atom. The fourth-order valence-corrected chi connectivity index (χ4v) is 11.3. The summed E-state index contributed by atoms with van der Waals surface area (Å²) in [5.74, 6) is 1.96. The number of aromatic nitrogens is 5. The summed E-state index contributed by atoms with van der Waals surface area (Å²) in [5, 5.41) is 8.39. The summed E-state index contributed by atoms with van der Waals surface area (Å²) in [6.45, 7) is 0. The second kappa shape index (κ2) is 12.2. The van der Waals surface area contributed by atoms with Crippen LogP contribution in [0, 0.1) is 0 Å². The molecule has 0 N–H and O–H groups in total. The van der Waals surface area contributed by atoms with Gasteiger partial charge in [-0.25, -0.2) is 15.0 Å². The summed E-state index contributed by atoms with van der Waals surface area (Å²) in [6, 6.07) is 62.9. The molecular weight excluding hydrogens is 747 g/mol. The van der Waals surface area contributed by atoms with Gasteiger partial charge in [-0.3, -0.25) is 9.13 Å². The minimum atomic E-state index is 0.642. The van der Waals surface area contributed by atoms with Crippen molar-refractivity contribution in [2.24, 2.45) is 0 Å². The first-order valence-corrected chi connectivity index (χ1v) is 21.0. The van der Waals surface area contributed by atoms with Crippen molar-refractivity contribution in [1.82, 2.24) is 24.1 Å². The largest absolute Gasteiger partial charge is 0.295 e. The number of fused-ring (bicyclic) bond motifs is 11. The monoisotopic (exact) mass is 775 g/mol. The lowest BCUT2D eigenvalue weighted by Crippen LogP contribution is -2.05. The maximum atomic E-state index is 5.34. The molecule has 5 nitrogen and oxygen atoms in total. The van der Waals surface area contributed by atoms with Gasteiger partial charge in [0.1, 0.15) is 5.65 Å².